The predicted octanol–water partition coefficient (Wildman–Crippen LogP) is 4.42. The van der Waals surface area contributed by atoms with Crippen molar-refractivity contribution >= 4 is 29.4 Å². The van der Waals surface area contributed by atoms with Gasteiger partial charge in [-0.05, 0) is 64.3 Å². The van der Waals surface area contributed by atoms with Gasteiger partial charge in [-0.1, -0.05) is 12.1 Å². The average molecular weight is 536 g/mol. The Hall–Kier alpha value is -4.08. The number of aliphatic carboxylic acids is 2. The Kier molecular flexibility index (Phi) is 6.32. The van der Waals surface area contributed by atoms with Crippen molar-refractivity contribution in [1.82, 2.24) is 4.90 Å². The first kappa shape index (κ1) is 26.5. The third-order valence-corrected chi connectivity index (χ3v) is 7.22. The Labute approximate surface area is 226 Å². The highest BCUT2D eigenvalue weighted by atomic mass is 16.5. The number of aliphatic imine (C=N–C) groups is 1. The first-order chi connectivity index (χ1) is 18.3. The zero-order valence-corrected chi connectivity index (χ0v) is 22.8. The van der Waals surface area contributed by atoms with Crippen molar-refractivity contribution in [1.29, 1.82) is 0 Å². The van der Waals surface area contributed by atoms with Crippen molar-refractivity contribution < 1.29 is 34.1 Å². The highest BCUT2D eigenvalue weighted by Crippen LogP contribution is 2.48. The van der Waals surface area contributed by atoms with Crippen molar-refractivity contribution in [2.45, 2.75) is 71.1 Å². The maximum atomic E-state index is 12.9. The normalized spacial score (nSPS) is 20.1. The van der Waals surface area contributed by atoms with Crippen molar-refractivity contribution in [3.63, 3.8) is 0 Å². The standard InChI is InChI=1S/C29H33N3O7/c1-6-38-21-10-16-12-28(2,3)31-25(24(16)18-13-29(4,5)39-26(18)21)15-7-8-17-19(9-15)30-27(37)32(14-23(35)36)20(17)11-22(33)34/h7-10,20H,6,11-14H2,1-5H3,(H,30,37)(H,33,34)(H,35,36). The third-order valence-electron chi connectivity index (χ3n) is 7.22. The van der Waals surface area contributed by atoms with E-state index in [0.29, 0.717) is 30.7 Å². The van der Waals surface area contributed by atoms with E-state index in [2.05, 4.69) is 19.2 Å². The number of rotatable bonds is 7. The fourth-order valence-electron chi connectivity index (χ4n) is 5.85. The lowest BCUT2D eigenvalue weighted by molar-refractivity contribution is -0.141. The van der Waals surface area contributed by atoms with Crippen LogP contribution in [-0.2, 0) is 22.4 Å². The van der Waals surface area contributed by atoms with Crippen LogP contribution in [0.3, 0.4) is 0 Å². The van der Waals surface area contributed by atoms with Crippen LogP contribution in [0.5, 0.6) is 11.5 Å². The molecule has 2 aromatic carbocycles. The molecule has 1 unspecified atom stereocenters. The number of ether oxygens (including phenoxy) is 2. The number of carbonyl (C=O) groups excluding carboxylic acids is 1. The molecule has 0 fully saturated rings. The summed E-state index contributed by atoms with van der Waals surface area (Å²) in [6.45, 7) is 10.1. The second-order valence-corrected chi connectivity index (χ2v) is 11.5. The van der Waals surface area contributed by atoms with E-state index in [4.69, 9.17) is 14.5 Å². The molecule has 206 valence electrons. The molecule has 0 bridgehead atoms. The number of amides is 2. The van der Waals surface area contributed by atoms with Gasteiger partial charge in [-0.2, -0.15) is 0 Å². The topological polar surface area (TPSA) is 138 Å². The highest BCUT2D eigenvalue weighted by molar-refractivity contribution is 6.17. The van der Waals surface area contributed by atoms with Gasteiger partial charge in [-0.15, -0.1) is 0 Å². The number of urea groups is 1. The number of benzene rings is 2. The van der Waals surface area contributed by atoms with Crippen LogP contribution in [0, 0.1) is 0 Å². The van der Waals surface area contributed by atoms with Crippen molar-refractivity contribution in [3.05, 3.63) is 52.1 Å². The minimum atomic E-state index is -1.22. The molecule has 10 heteroatoms. The minimum Gasteiger partial charge on any atom is -0.490 e. The van der Waals surface area contributed by atoms with Crippen molar-refractivity contribution in [3.8, 4) is 11.5 Å². The zero-order chi connectivity index (χ0) is 28.3. The fourth-order valence-corrected chi connectivity index (χ4v) is 5.85. The van der Waals surface area contributed by atoms with Crippen LogP contribution >= 0.6 is 0 Å². The molecule has 39 heavy (non-hydrogen) atoms. The summed E-state index contributed by atoms with van der Waals surface area (Å²) < 4.78 is 12.3. The molecule has 0 spiro atoms. The lowest BCUT2D eigenvalue weighted by Gasteiger charge is -2.36. The number of nitrogens with one attached hydrogen (secondary N) is 1. The number of carboxylic acids is 2. The van der Waals surface area contributed by atoms with Crippen LogP contribution < -0.4 is 14.8 Å². The molecule has 0 aromatic heterocycles. The lowest BCUT2D eigenvalue weighted by atomic mass is 9.80. The van der Waals surface area contributed by atoms with Gasteiger partial charge >= 0.3 is 18.0 Å². The van der Waals surface area contributed by atoms with Gasteiger partial charge in [-0.3, -0.25) is 14.6 Å². The van der Waals surface area contributed by atoms with E-state index in [1.54, 1.807) is 12.1 Å². The molecule has 0 radical (unpaired) electrons. The largest absolute Gasteiger partial charge is 0.490 e. The summed E-state index contributed by atoms with van der Waals surface area (Å²) in [5.74, 6) is -0.899. The maximum absolute atomic E-state index is 12.9. The van der Waals surface area contributed by atoms with Gasteiger partial charge < -0.3 is 29.9 Å². The molecule has 5 rings (SSSR count). The Morgan fingerprint density at radius 3 is 2.56 bits per heavy atom. The van der Waals surface area contributed by atoms with E-state index in [0.717, 1.165) is 44.4 Å². The number of hydrogen-bond donors (Lipinski definition) is 3. The van der Waals surface area contributed by atoms with Gasteiger partial charge in [0.2, 0.25) is 0 Å². The number of carboxylic acid groups (broad SMARTS) is 2. The van der Waals surface area contributed by atoms with Gasteiger partial charge in [0.05, 0.1) is 30.3 Å². The van der Waals surface area contributed by atoms with Gasteiger partial charge in [-0.25, -0.2) is 4.79 Å². The summed E-state index contributed by atoms with van der Waals surface area (Å²) in [5.41, 5.74) is 4.83. The summed E-state index contributed by atoms with van der Waals surface area (Å²) in [6.07, 6.45) is 0.980. The highest BCUT2D eigenvalue weighted by Gasteiger charge is 2.41. The number of nitrogens with zero attached hydrogens (tertiary/aromatic N) is 2. The fraction of sp³-hybridized carbons (Fsp3) is 0.448. The zero-order valence-electron chi connectivity index (χ0n) is 22.8. The minimum absolute atomic E-state index is 0.404. The van der Waals surface area contributed by atoms with Crippen LogP contribution in [0.25, 0.3) is 0 Å². The summed E-state index contributed by atoms with van der Waals surface area (Å²) in [4.78, 5) is 42.1. The summed E-state index contributed by atoms with van der Waals surface area (Å²) >= 11 is 0. The molecule has 0 saturated heterocycles. The quantitative estimate of drug-likeness (QED) is 0.477. The van der Waals surface area contributed by atoms with E-state index >= 15 is 0 Å². The maximum Gasteiger partial charge on any atom is 0.323 e. The molecule has 3 heterocycles. The molecule has 2 amide bonds. The Morgan fingerprint density at radius 2 is 1.90 bits per heavy atom. The first-order valence-electron chi connectivity index (χ1n) is 13.0. The monoisotopic (exact) mass is 535 g/mol. The molecule has 3 aliphatic heterocycles. The molecule has 3 N–H and O–H groups in total. The van der Waals surface area contributed by atoms with Crippen molar-refractivity contribution in [2.24, 2.45) is 4.99 Å². The summed E-state index contributed by atoms with van der Waals surface area (Å²) in [7, 11) is 0. The van der Waals surface area contributed by atoms with Crippen LogP contribution in [0.4, 0.5) is 10.5 Å². The Bertz CT molecular complexity index is 1430. The van der Waals surface area contributed by atoms with Crippen LogP contribution in [0.2, 0.25) is 0 Å². The van der Waals surface area contributed by atoms with Crippen LogP contribution in [0.1, 0.15) is 74.9 Å². The van der Waals surface area contributed by atoms with Gasteiger partial charge in [0.15, 0.2) is 11.5 Å². The van der Waals surface area contributed by atoms with Crippen LogP contribution in [0.15, 0.2) is 29.3 Å². The molecule has 0 saturated carbocycles. The SMILES string of the molecule is CCOc1cc2c(c3c1OC(C)(C)C3)C(c1ccc3c(c1)NC(=O)N(CC(=O)O)C3CC(=O)O)=NC(C)(C)C2. The molecular weight excluding hydrogens is 502 g/mol. The van der Waals surface area contributed by atoms with E-state index < -0.39 is 48.1 Å². The molecule has 2 aromatic rings. The second kappa shape index (κ2) is 9.29. The van der Waals surface area contributed by atoms with E-state index in [-0.39, 0.29) is 0 Å². The molecule has 10 nitrogen and oxygen atoms in total. The third kappa shape index (κ3) is 4.91. The molecule has 0 aliphatic carbocycles. The predicted molar refractivity (Wildman–Crippen MR) is 144 cm³/mol. The smallest absolute Gasteiger partial charge is 0.323 e. The van der Waals surface area contributed by atoms with E-state index in [1.807, 2.05) is 32.9 Å². The number of carbonyl (C=O) groups is 3. The average Bonchev–Trinajstić information content (AvgIpc) is 3.14. The number of anilines is 1. The Morgan fingerprint density at radius 1 is 1.15 bits per heavy atom. The Balaban J connectivity index is 1.65. The summed E-state index contributed by atoms with van der Waals surface area (Å²) in [5, 5.41) is 21.6. The second-order valence-electron chi connectivity index (χ2n) is 11.5. The lowest BCUT2D eigenvalue weighted by Crippen LogP contribution is -2.45. The van der Waals surface area contributed by atoms with Gasteiger partial charge in [0.1, 0.15) is 12.1 Å². The molecular formula is C29H33N3O7. The van der Waals surface area contributed by atoms with Crippen molar-refractivity contribution in [2.75, 3.05) is 18.5 Å². The number of fused-ring (bicyclic) bond motifs is 4. The molecule has 3 aliphatic rings. The first-order valence-corrected chi connectivity index (χ1v) is 13.0. The number of hydrogen-bond acceptors (Lipinski definition) is 6. The van der Waals surface area contributed by atoms with E-state index in [9.17, 15) is 24.6 Å². The summed E-state index contributed by atoms with van der Waals surface area (Å²) in [6, 6.07) is 5.89. The van der Waals surface area contributed by atoms with Crippen LogP contribution in [-0.4, -0.2) is 63.1 Å². The van der Waals surface area contributed by atoms with Gasteiger partial charge in [0, 0.05) is 28.8 Å². The van der Waals surface area contributed by atoms with Gasteiger partial charge in [0.25, 0.3) is 0 Å². The molecule has 1 atom stereocenters. The van der Waals surface area contributed by atoms with E-state index in [1.165, 1.54) is 0 Å².